The molecule has 0 amide bonds. The van der Waals surface area contributed by atoms with E-state index in [2.05, 4.69) is 119 Å². The Bertz CT molecular complexity index is 1570. The molecular formula is C35H36Cl2SiZr. The third-order valence-corrected chi connectivity index (χ3v) is 23.1. The molecule has 0 fully saturated rings. The van der Waals surface area contributed by atoms with Gasteiger partial charge in [-0.05, 0) is 0 Å². The molecule has 4 aromatic carbocycles. The van der Waals surface area contributed by atoms with Crippen LogP contribution in [-0.2, 0) is 17.9 Å². The summed E-state index contributed by atoms with van der Waals surface area (Å²) < 4.78 is 1.44. The summed E-state index contributed by atoms with van der Waals surface area (Å²) in [5.74, 6) is 1.02. The molecule has 0 bridgehead atoms. The number of allylic oxidation sites excluding steroid dienone is 1. The summed E-state index contributed by atoms with van der Waals surface area (Å²) in [6, 6.07) is 31.4. The van der Waals surface area contributed by atoms with Gasteiger partial charge in [0.1, 0.15) is 0 Å². The van der Waals surface area contributed by atoms with Crippen molar-refractivity contribution in [2.75, 3.05) is 0 Å². The van der Waals surface area contributed by atoms with E-state index in [4.69, 9.17) is 17.0 Å². The van der Waals surface area contributed by atoms with Crippen LogP contribution in [0.1, 0.15) is 66.8 Å². The van der Waals surface area contributed by atoms with E-state index in [1.54, 1.807) is 0 Å². The summed E-state index contributed by atoms with van der Waals surface area (Å²) in [4.78, 5) is 0. The third-order valence-electron chi connectivity index (χ3n) is 8.75. The number of rotatable bonds is 7. The quantitative estimate of drug-likeness (QED) is 0.156. The second-order valence-electron chi connectivity index (χ2n) is 11.7. The van der Waals surface area contributed by atoms with Crippen LogP contribution >= 0.6 is 17.0 Å². The van der Waals surface area contributed by atoms with Crippen molar-refractivity contribution in [3.63, 3.8) is 0 Å². The Morgan fingerprint density at radius 3 is 2.28 bits per heavy atom. The molecule has 0 spiro atoms. The molecule has 39 heavy (non-hydrogen) atoms. The van der Waals surface area contributed by atoms with Crippen LogP contribution in [0.25, 0.3) is 28.3 Å². The van der Waals surface area contributed by atoms with Gasteiger partial charge in [-0.25, -0.2) is 0 Å². The normalized spacial score (nSPS) is 17.2. The monoisotopic (exact) mass is 644 g/mol. The summed E-state index contributed by atoms with van der Waals surface area (Å²) in [6.45, 7) is 9.26. The average Bonchev–Trinajstić information content (AvgIpc) is 3.50. The van der Waals surface area contributed by atoms with Crippen molar-refractivity contribution in [2.45, 2.75) is 50.1 Å². The molecule has 0 saturated carbocycles. The fourth-order valence-corrected chi connectivity index (χ4v) is 23.6. The average molecular weight is 647 g/mol. The number of hydrogen-bond donors (Lipinski definition) is 0. The molecule has 1 aliphatic carbocycles. The summed E-state index contributed by atoms with van der Waals surface area (Å²) in [5, 5.41) is 3.01. The van der Waals surface area contributed by atoms with Gasteiger partial charge in [-0.15, -0.1) is 0 Å². The van der Waals surface area contributed by atoms with Crippen LogP contribution < -0.4 is 13.6 Å². The molecule has 0 N–H and O–H groups in total. The molecule has 1 heterocycles. The maximum atomic E-state index is 7.89. The molecule has 6 rings (SSSR count). The summed E-state index contributed by atoms with van der Waals surface area (Å²) in [6.07, 6.45) is 4.62. The van der Waals surface area contributed by atoms with Crippen molar-refractivity contribution in [3.05, 3.63) is 107 Å². The molecule has 4 heteroatoms. The summed E-state index contributed by atoms with van der Waals surface area (Å²) >= 11 is -3.98. The van der Waals surface area contributed by atoms with Crippen molar-refractivity contribution in [2.24, 2.45) is 5.92 Å². The first-order valence-corrected chi connectivity index (χ1v) is 24.7. The molecule has 0 saturated heterocycles. The van der Waals surface area contributed by atoms with Crippen LogP contribution in [0.15, 0.2) is 90.5 Å². The minimum atomic E-state index is -3.98. The van der Waals surface area contributed by atoms with E-state index in [9.17, 15) is 0 Å². The van der Waals surface area contributed by atoms with Gasteiger partial charge in [-0.3, -0.25) is 0 Å². The van der Waals surface area contributed by atoms with Crippen LogP contribution in [0, 0.1) is 5.92 Å². The van der Waals surface area contributed by atoms with E-state index in [0.29, 0.717) is 11.8 Å². The van der Waals surface area contributed by atoms with Crippen LogP contribution in [0.5, 0.6) is 0 Å². The topological polar surface area (TPSA) is 0 Å². The van der Waals surface area contributed by atoms with E-state index in [0.717, 1.165) is 12.8 Å². The zero-order chi connectivity index (χ0) is 27.3. The number of hydrogen-bond acceptors (Lipinski definition) is 0. The molecule has 0 radical (unpaired) electrons. The molecule has 0 aromatic heterocycles. The maximum absolute atomic E-state index is 7.89. The molecule has 0 nitrogen and oxygen atoms in total. The van der Waals surface area contributed by atoms with Gasteiger partial charge in [0, 0.05) is 0 Å². The van der Waals surface area contributed by atoms with Crippen LogP contribution in [-0.4, -0.2) is 9.52 Å². The molecule has 2 atom stereocenters. The number of halogens is 2. The van der Waals surface area contributed by atoms with Crippen LogP contribution in [0.3, 0.4) is 0 Å². The fraction of sp³-hybridized carbons (Fsp3) is 0.257. The zero-order valence-corrected chi connectivity index (χ0v) is 28.7. The first kappa shape index (κ1) is 27.5. The summed E-state index contributed by atoms with van der Waals surface area (Å²) in [5.41, 5.74) is 11.0. The van der Waals surface area contributed by atoms with Crippen molar-refractivity contribution < 1.29 is 17.9 Å². The first-order chi connectivity index (χ1) is 18.8. The van der Waals surface area contributed by atoms with Gasteiger partial charge >= 0.3 is 250 Å². The Hall–Kier alpha value is -1.70. The van der Waals surface area contributed by atoms with E-state index in [1.807, 2.05) is 0 Å². The van der Waals surface area contributed by atoms with E-state index >= 15 is 0 Å². The Labute approximate surface area is 247 Å². The van der Waals surface area contributed by atoms with Gasteiger partial charge in [0.15, 0.2) is 0 Å². The van der Waals surface area contributed by atoms with Crippen molar-refractivity contribution in [1.29, 1.82) is 0 Å². The first-order valence-electron chi connectivity index (χ1n) is 14.3. The van der Waals surface area contributed by atoms with Crippen molar-refractivity contribution >= 4 is 46.3 Å². The molecule has 2 aliphatic rings. The van der Waals surface area contributed by atoms with E-state index < -0.39 is 27.4 Å². The predicted octanol–water partition coefficient (Wildman–Crippen LogP) is 8.24. The van der Waals surface area contributed by atoms with Crippen molar-refractivity contribution in [1.82, 2.24) is 0 Å². The Morgan fingerprint density at radius 2 is 1.54 bits per heavy atom. The molecule has 4 aromatic rings. The van der Waals surface area contributed by atoms with Gasteiger partial charge < -0.3 is 0 Å². The second kappa shape index (κ2) is 10.9. The van der Waals surface area contributed by atoms with Gasteiger partial charge in [0.25, 0.3) is 0 Å². The standard InChI is InChI=1S/C23H27.C12H9Si.2ClH.Zr/c1-5-17(4)21-12-11-20-14-18(13-16(2)3)15-22(20)23(21)19-9-7-6-8-10-19;1-3-7-11-9(5-1)10-6-2-4-8-12(10)13-11;;;/h6-12,14-17H,5,13H2,1-4H3;1-7H,13H2;2*1H;/q;;;;+2/p-2. The number of benzene rings is 4. The molecular weight excluding hydrogens is 611 g/mol. The fourth-order valence-electron chi connectivity index (χ4n) is 6.79. The Kier molecular flexibility index (Phi) is 7.71. The van der Waals surface area contributed by atoms with Crippen LogP contribution in [0.4, 0.5) is 0 Å². The van der Waals surface area contributed by atoms with Crippen LogP contribution in [0.2, 0.25) is 0 Å². The second-order valence-corrected chi connectivity index (χ2v) is 27.6. The van der Waals surface area contributed by atoms with Gasteiger partial charge in [0.05, 0.1) is 0 Å². The van der Waals surface area contributed by atoms with E-state index in [-0.39, 0.29) is 3.63 Å². The molecule has 2 unspecified atom stereocenters. The molecule has 1 aliphatic heterocycles. The number of fused-ring (bicyclic) bond motifs is 4. The Morgan fingerprint density at radius 1 is 0.821 bits per heavy atom. The minimum absolute atomic E-state index is 0.123. The SMILES string of the molecule is CCC(C)c1ccc2c(c1-c1ccccc1)C=C(CC(C)C)[CH]2[Zr]([Cl])([Cl])[c]1cccc2c1[SiH2]c1ccccc1-2. The summed E-state index contributed by atoms with van der Waals surface area (Å²) in [7, 11) is 15.2. The molecule has 198 valence electrons. The van der Waals surface area contributed by atoms with E-state index in [1.165, 1.54) is 58.2 Å². The predicted molar refractivity (Wildman–Crippen MR) is 172 cm³/mol. The van der Waals surface area contributed by atoms with Gasteiger partial charge in [-0.1, -0.05) is 0 Å². The van der Waals surface area contributed by atoms with Gasteiger partial charge in [-0.2, -0.15) is 0 Å². The zero-order valence-electron chi connectivity index (χ0n) is 23.3. The Balaban J connectivity index is 1.55. The van der Waals surface area contributed by atoms with Gasteiger partial charge in [0.2, 0.25) is 0 Å². The van der Waals surface area contributed by atoms with Crippen molar-refractivity contribution in [3.8, 4) is 22.3 Å². The third kappa shape index (κ3) is 4.80.